The SMILES string of the molecule is COC(=O)OC(C(C)C)C(OS(=O)(=O)CCCNC(C)=O)C(C)(C)[C@@H](O)C(=O)O. The summed E-state index contributed by atoms with van der Waals surface area (Å²) in [6.07, 6.45) is -5.85. The van der Waals surface area contributed by atoms with Crippen molar-refractivity contribution < 1.29 is 46.7 Å². The summed E-state index contributed by atoms with van der Waals surface area (Å²) in [4.78, 5) is 33.8. The zero-order chi connectivity index (χ0) is 23.0. The topological polar surface area (TPSA) is 166 Å². The van der Waals surface area contributed by atoms with Crippen molar-refractivity contribution in [1.82, 2.24) is 5.32 Å². The van der Waals surface area contributed by atoms with Gasteiger partial charge in [0.05, 0.1) is 12.9 Å². The molecule has 0 saturated heterocycles. The van der Waals surface area contributed by atoms with Crippen molar-refractivity contribution in [2.75, 3.05) is 19.4 Å². The monoisotopic (exact) mass is 441 g/mol. The Balaban J connectivity index is 5.81. The highest BCUT2D eigenvalue weighted by Crippen LogP contribution is 2.35. The quantitative estimate of drug-likeness (QED) is 0.221. The van der Waals surface area contributed by atoms with Gasteiger partial charge in [-0.05, 0) is 12.3 Å². The van der Waals surface area contributed by atoms with Crippen LogP contribution in [-0.2, 0) is 33.4 Å². The van der Waals surface area contributed by atoms with Gasteiger partial charge in [0.25, 0.3) is 10.1 Å². The van der Waals surface area contributed by atoms with Crippen molar-refractivity contribution in [3.63, 3.8) is 0 Å². The second kappa shape index (κ2) is 11.3. The molecule has 1 amide bonds. The molecule has 0 aromatic heterocycles. The van der Waals surface area contributed by atoms with Crippen LogP contribution in [0, 0.1) is 11.3 Å². The number of rotatable bonds is 12. The van der Waals surface area contributed by atoms with E-state index in [2.05, 4.69) is 10.1 Å². The maximum atomic E-state index is 12.5. The second-order valence-electron chi connectivity index (χ2n) is 7.46. The molecule has 3 N–H and O–H groups in total. The second-order valence-corrected chi connectivity index (χ2v) is 9.17. The molecule has 0 bridgehead atoms. The first-order chi connectivity index (χ1) is 13.2. The number of carbonyl (C=O) groups is 3. The average Bonchev–Trinajstić information content (AvgIpc) is 2.60. The third kappa shape index (κ3) is 8.96. The molecule has 0 aliphatic heterocycles. The minimum atomic E-state index is -4.23. The zero-order valence-electron chi connectivity index (χ0n) is 17.5. The molecule has 0 saturated carbocycles. The minimum absolute atomic E-state index is 0.0424. The molecule has 2 unspecified atom stereocenters. The molecule has 29 heavy (non-hydrogen) atoms. The Hall–Kier alpha value is -1.92. The summed E-state index contributed by atoms with van der Waals surface area (Å²) in [5.41, 5.74) is -1.67. The number of methoxy groups -OCH3 is 1. The first-order valence-corrected chi connectivity index (χ1v) is 10.5. The summed E-state index contributed by atoms with van der Waals surface area (Å²) in [6.45, 7) is 7.18. The number of carboxylic acid groups (broad SMARTS) is 1. The lowest BCUT2D eigenvalue weighted by Gasteiger charge is -2.40. The molecule has 0 aliphatic rings. The Labute approximate surface area is 170 Å². The zero-order valence-corrected chi connectivity index (χ0v) is 18.3. The number of carbonyl (C=O) groups excluding carboxylic acids is 2. The van der Waals surface area contributed by atoms with Gasteiger partial charge in [-0.15, -0.1) is 0 Å². The van der Waals surface area contributed by atoms with Crippen LogP contribution in [0.1, 0.15) is 41.0 Å². The fraction of sp³-hybridized carbons (Fsp3) is 0.824. The van der Waals surface area contributed by atoms with E-state index < -0.39 is 57.6 Å². The van der Waals surface area contributed by atoms with E-state index in [1.54, 1.807) is 13.8 Å². The van der Waals surface area contributed by atoms with Crippen LogP contribution in [0.2, 0.25) is 0 Å². The van der Waals surface area contributed by atoms with E-state index >= 15 is 0 Å². The molecular formula is C17H31NO10S. The molecule has 0 rings (SSSR count). The smallest absolute Gasteiger partial charge is 0.479 e. The third-order valence-electron chi connectivity index (χ3n) is 4.22. The highest BCUT2D eigenvalue weighted by Gasteiger charge is 2.49. The van der Waals surface area contributed by atoms with Crippen molar-refractivity contribution in [2.45, 2.75) is 59.4 Å². The number of amides is 1. The van der Waals surface area contributed by atoms with Crippen molar-refractivity contribution in [2.24, 2.45) is 11.3 Å². The molecule has 0 heterocycles. The molecule has 0 aromatic carbocycles. The van der Waals surface area contributed by atoms with Gasteiger partial charge in [0, 0.05) is 18.9 Å². The molecule has 0 spiro atoms. The largest absolute Gasteiger partial charge is 0.508 e. The van der Waals surface area contributed by atoms with Crippen LogP contribution in [0.4, 0.5) is 4.79 Å². The number of nitrogens with one attached hydrogen (secondary N) is 1. The lowest BCUT2D eigenvalue weighted by atomic mass is 9.76. The van der Waals surface area contributed by atoms with Crippen LogP contribution in [0.5, 0.6) is 0 Å². The number of ether oxygens (including phenoxy) is 2. The van der Waals surface area contributed by atoms with Crippen LogP contribution in [0.15, 0.2) is 0 Å². The number of aliphatic hydroxyl groups excluding tert-OH is 1. The normalized spacial score (nSPS) is 15.3. The van der Waals surface area contributed by atoms with Gasteiger partial charge in [0.15, 0.2) is 6.10 Å². The summed E-state index contributed by atoms with van der Waals surface area (Å²) in [5.74, 6) is -2.90. The van der Waals surface area contributed by atoms with Gasteiger partial charge in [-0.1, -0.05) is 27.7 Å². The van der Waals surface area contributed by atoms with Crippen LogP contribution in [0.25, 0.3) is 0 Å². The summed E-state index contributed by atoms with van der Waals surface area (Å²) in [5, 5.41) is 21.8. The first kappa shape index (κ1) is 27.1. The lowest BCUT2D eigenvalue weighted by Crippen LogP contribution is -2.54. The maximum absolute atomic E-state index is 12.5. The predicted octanol–water partition coefficient (Wildman–Crippen LogP) is 0.507. The fourth-order valence-corrected chi connectivity index (χ4v) is 3.77. The lowest BCUT2D eigenvalue weighted by molar-refractivity contribution is -0.164. The molecule has 0 aromatic rings. The molecule has 3 atom stereocenters. The minimum Gasteiger partial charge on any atom is -0.479 e. The summed E-state index contributed by atoms with van der Waals surface area (Å²) in [7, 11) is -3.17. The first-order valence-electron chi connectivity index (χ1n) is 8.96. The van der Waals surface area contributed by atoms with Gasteiger partial charge in [-0.25, -0.2) is 9.59 Å². The van der Waals surface area contributed by atoms with E-state index in [1.165, 1.54) is 20.8 Å². The molecule has 0 aliphatic carbocycles. The van der Waals surface area contributed by atoms with E-state index in [9.17, 15) is 33.0 Å². The fourth-order valence-electron chi connectivity index (χ4n) is 2.50. The summed E-state index contributed by atoms with van der Waals surface area (Å²) < 4.78 is 39.8. The van der Waals surface area contributed by atoms with Crippen molar-refractivity contribution in [3.8, 4) is 0 Å². The van der Waals surface area contributed by atoms with Crippen LogP contribution >= 0.6 is 0 Å². The number of hydrogen-bond acceptors (Lipinski definition) is 9. The molecule has 0 radical (unpaired) electrons. The van der Waals surface area contributed by atoms with Gasteiger partial charge in [0.1, 0.15) is 12.2 Å². The van der Waals surface area contributed by atoms with Crippen molar-refractivity contribution in [1.29, 1.82) is 0 Å². The van der Waals surface area contributed by atoms with Crippen molar-refractivity contribution >= 4 is 28.1 Å². The van der Waals surface area contributed by atoms with E-state index in [4.69, 9.17) is 8.92 Å². The Morgan fingerprint density at radius 3 is 2.14 bits per heavy atom. The molecule has 12 heteroatoms. The van der Waals surface area contributed by atoms with Crippen LogP contribution in [0.3, 0.4) is 0 Å². The van der Waals surface area contributed by atoms with Crippen LogP contribution < -0.4 is 5.32 Å². The highest BCUT2D eigenvalue weighted by molar-refractivity contribution is 7.86. The van der Waals surface area contributed by atoms with Gasteiger partial charge in [-0.3, -0.25) is 8.98 Å². The Bertz CT molecular complexity index is 674. The highest BCUT2D eigenvalue weighted by atomic mass is 32.2. The van der Waals surface area contributed by atoms with E-state index in [-0.39, 0.29) is 18.9 Å². The third-order valence-corrected chi connectivity index (χ3v) is 5.51. The predicted molar refractivity (Wildman–Crippen MR) is 102 cm³/mol. The number of carboxylic acids is 1. The van der Waals surface area contributed by atoms with Gasteiger partial charge in [0.2, 0.25) is 5.91 Å². The van der Waals surface area contributed by atoms with E-state index in [1.807, 2.05) is 0 Å². The molecule has 11 nitrogen and oxygen atoms in total. The van der Waals surface area contributed by atoms with E-state index in [0.717, 1.165) is 7.11 Å². The molecular weight excluding hydrogens is 410 g/mol. The Kier molecular flexibility index (Phi) is 10.6. The Morgan fingerprint density at radius 2 is 1.72 bits per heavy atom. The van der Waals surface area contributed by atoms with E-state index in [0.29, 0.717) is 0 Å². The number of aliphatic hydroxyl groups is 1. The standard InChI is InChI=1S/C17H31NO10S/c1-10(2)12(27-16(23)26-6)14(17(4,5)13(20)15(21)22)28-29(24,25)9-7-8-18-11(3)19/h10,12-14,20H,7-9H2,1-6H3,(H,18,19)(H,21,22)/t12?,13-,14?/m0/s1. The Morgan fingerprint density at radius 1 is 1.17 bits per heavy atom. The summed E-state index contributed by atoms with van der Waals surface area (Å²) in [6, 6.07) is 0. The average molecular weight is 441 g/mol. The van der Waals surface area contributed by atoms with Crippen molar-refractivity contribution in [3.05, 3.63) is 0 Å². The molecule has 0 fully saturated rings. The van der Waals surface area contributed by atoms with Crippen LogP contribution in [-0.4, -0.2) is 74.4 Å². The number of aliphatic carboxylic acids is 1. The summed E-state index contributed by atoms with van der Waals surface area (Å²) >= 11 is 0. The number of hydrogen-bond donors (Lipinski definition) is 3. The van der Waals surface area contributed by atoms with Gasteiger partial charge < -0.3 is 25.0 Å². The van der Waals surface area contributed by atoms with Gasteiger partial charge in [-0.2, -0.15) is 8.42 Å². The van der Waals surface area contributed by atoms with Gasteiger partial charge >= 0.3 is 12.1 Å². The molecule has 170 valence electrons. The maximum Gasteiger partial charge on any atom is 0.508 e.